The molecule has 0 amide bonds. The first-order valence-corrected chi connectivity index (χ1v) is 10.1. The van der Waals surface area contributed by atoms with Gasteiger partial charge in [0.1, 0.15) is 10.7 Å². The lowest BCUT2D eigenvalue weighted by Gasteiger charge is -2.09. The van der Waals surface area contributed by atoms with Crippen LogP contribution in [0.25, 0.3) is 17.1 Å². The van der Waals surface area contributed by atoms with Crippen molar-refractivity contribution in [2.75, 3.05) is 7.11 Å². The average Bonchev–Trinajstić information content (AvgIpc) is 2.96. The molecule has 0 saturated heterocycles. The molecule has 0 atom stereocenters. The fourth-order valence-electron chi connectivity index (χ4n) is 2.26. The molecular formula is C17H12I2N2O3S. The zero-order chi connectivity index (χ0) is 18.0. The van der Waals surface area contributed by atoms with E-state index in [1.807, 2.05) is 36.4 Å². The molecule has 2 aromatic carbocycles. The van der Waals surface area contributed by atoms with Gasteiger partial charge in [-0.05, 0) is 87.3 Å². The summed E-state index contributed by atoms with van der Waals surface area (Å²) in [5.41, 5.74) is 2.40. The van der Waals surface area contributed by atoms with Crippen molar-refractivity contribution >= 4 is 80.0 Å². The number of halogens is 2. The van der Waals surface area contributed by atoms with Crippen LogP contribution in [0.1, 0.15) is 5.56 Å². The highest BCUT2D eigenvalue weighted by molar-refractivity contribution is 14.1. The van der Waals surface area contributed by atoms with Crippen LogP contribution in [0.4, 0.5) is 0 Å². The number of aromatic amines is 1. The van der Waals surface area contributed by atoms with E-state index in [4.69, 9.17) is 4.74 Å². The highest BCUT2D eigenvalue weighted by atomic mass is 127. The number of hydrogen-bond acceptors (Lipinski definition) is 4. The Morgan fingerprint density at radius 1 is 1.32 bits per heavy atom. The Morgan fingerprint density at radius 2 is 2.08 bits per heavy atom. The molecule has 25 heavy (non-hydrogen) atoms. The monoisotopic (exact) mass is 578 g/mol. The van der Waals surface area contributed by atoms with Crippen LogP contribution in [0.2, 0.25) is 0 Å². The molecule has 3 rings (SSSR count). The van der Waals surface area contributed by atoms with Crippen LogP contribution >= 0.6 is 56.9 Å². The molecule has 0 aliphatic rings. The molecule has 8 heteroatoms. The molecule has 0 aliphatic heterocycles. The Kier molecular flexibility index (Phi) is 5.89. The van der Waals surface area contributed by atoms with Gasteiger partial charge in [-0.1, -0.05) is 12.1 Å². The summed E-state index contributed by atoms with van der Waals surface area (Å²) in [5, 5.41) is 10.1. The van der Waals surface area contributed by atoms with Crippen LogP contribution in [0.3, 0.4) is 0 Å². The van der Waals surface area contributed by atoms with Crippen LogP contribution in [-0.4, -0.2) is 28.2 Å². The van der Waals surface area contributed by atoms with Crippen molar-refractivity contribution in [1.82, 2.24) is 9.97 Å². The normalized spacial score (nSPS) is 11.7. The number of fused-ring (bicyclic) bond motifs is 1. The Morgan fingerprint density at radius 3 is 2.76 bits per heavy atom. The van der Waals surface area contributed by atoms with Crippen molar-refractivity contribution in [3.05, 3.63) is 54.0 Å². The fraction of sp³-hybridized carbons (Fsp3) is 0.0588. The number of benzene rings is 2. The van der Waals surface area contributed by atoms with Gasteiger partial charge in [0.15, 0.2) is 5.16 Å². The number of carboxylic acid groups (broad SMARTS) is 1. The molecule has 0 fully saturated rings. The molecule has 1 aromatic heterocycles. The van der Waals surface area contributed by atoms with Crippen molar-refractivity contribution in [3.8, 4) is 5.75 Å². The van der Waals surface area contributed by atoms with E-state index < -0.39 is 5.97 Å². The Bertz CT molecular complexity index is 952. The first kappa shape index (κ1) is 18.5. The number of imidazole rings is 1. The highest BCUT2D eigenvalue weighted by Crippen LogP contribution is 2.33. The van der Waals surface area contributed by atoms with Crippen molar-refractivity contribution in [3.63, 3.8) is 0 Å². The number of para-hydroxylation sites is 2. The molecule has 1 heterocycles. The lowest BCUT2D eigenvalue weighted by molar-refractivity contribution is -0.131. The average molecular weight is 578 g/mol. The molecule has 3 aromatic rings. The molecule has 0 bridgehead atoms. The van der Waals surface area contributed by atoms with E-state index in [-0.39, 0.29) is 4.91 Å². The lowest BCUT2D eigenvalue weighted by Crippen LogP contribution is -1.99. The van der Waals surface area contributed by atoms with E-state index >= 15 is 0 Å². The third kappa shape index (κ3) is 4.29. The van der Waals surface area contributed by atoms with Crippen molar-refractivity contribution < 1.29 is 14.6 Å². The standard InChI is InChI=1S/C17H12I2N2O3S/c1-24-15-9(6-10(18)8-11(15)19)7-14(16(22)23)25-17-20-12-4-2-3-5-13(12)21-17/h2-8H,1H3,(H,20,21)(H,22,23)/b14-7-. The van der Waals surface area contributed by atoms with Crippen LogP contribution in [0, 0.1) is 7.14 Å². The summed E-state index contributed by atoms with van der Waals surface area (Å²) in [5.74, 6) is -0.355. The third-order valence-electron chi connectivity index (χ3n) is 3.31. The van der Waals surface area contributed by atoms with Gasteiger partial charge < -0.3 is 14.8 Å². The molecule has 128 valence electrons. The topological polar surface area (TPSA) is 75.2 Å². The van der Waals surface area contributed by atoms with Crippen molar-refractivity contribution in [2.24, 2.45) is 0 Å². The quantitative estimate of drug-likeness (QED) is 0.254. The molecule has 0 unspecified atom stereocenters. The second-order valence-electron chi connectivity index (χ2n) is 4.98. The number of aliphatic carboxylic acids is 1. The van der Waals surface area contributed by atoms with E-state index in [2.05, 4.69) is 55.1 Å². The van der Waals surface area contributed by atoms with E-state index in [9.17, 15) is 9.90 Å². The number of nitrogens with one attached hydrogen (secondary N) is 1. The molecule has 0 spiro atoms. The van der Waals surface area contributed by atoms with Gasteiger partial charge in [0, 0.05) is 9.13 Å². The molecule has 0 radical (unpaired) electrons. The Balaban J connectivity index is 2.01. The van der Waals surface area contributed by atoms with Gasteiger partial charge in [-0.3, -0.25) is 0 Å². The molecular weight excluding hydrogens is 566 g/mol. The van der Waals surface area contributed by atoms with Gasteiger partial charge in [0.25, 0.3) is 0 Å². The number of nitrogens with zero attached hydrogens (tertiary/aromatic N) is 1. The largest absolute Gasteiger partial charge is 0.495 e. The van der Waals surface area contributed by atoms with Gasteiger partial charge in [0.2, 0.25) is 0 Å². The van der Waals surface area contributed by atoms with Gasteiger partial charge in [-0.2, -0.15) is 0 Å². The zero-order valence-electron chi connectivity index (χ0n) is 12.9. The predicted octanol–water partition coefficient (Wildman–Crippen LogP) is 5.00. The van der Waals surface area contributed by atoms with E-state index in [1.165, 1.54) is 0 Å². The van der Waals surface area contributed by atoms with Crippen molar-refractivity contribution in [2.45, 2.75) is 5.16 Å². The second-order valence-corrected chi connectivity index (χ2v) is 8.42. The summed E-state index contributed by atoms with van der Waals surface area (Å²) in [6.07, 6.45) is 1.61. The first-order chi connectivity index (χ1) is 12.0. The van der Waals surface area contributed by atoms with Gasteiger partial charge in [0.05, 0.1) is 21.7 Å². The summed E-state index contributed by atoms with van der Waals surface area (Å²) in [6, 6.07) is 11.5. The summed E-state index contributed by atoms with van der Waals surface area (Å²) < 4.78 is 7.36. The minimum atomic E-state index is -1.01. The Labute approximate surface area is 175 Å². The fourth-order valence-corrected chi connectivity index (χ4v) is 5.16. The maximum Gasteiger partial charge on any atom is 0.342 e. The predicted molar refractivity (Wildman–Crippen MR) is 116 cm³/mol. The number of H-pyrrole nitrogens is 1. The Hall–Kier alpha value is -1.27. The summed E-state index contributed by atoms with van der Waals surface area (Å²) >= 11 is 5.46. The number of ether oxygens (including phenoxy) is 1. The van der Waals surface area contributed by atoms with Gasteiger partial charge in [-0.25, -0.2) is 9.78 Å². The highest BCUT2D eigenvalue weighted by Gasteiger charge is 2.15. The number of thioether (sulfide) groups is 1. The number of methoxy groups -OCH3 is 1. The van der Waals surface area contributed by atoms with Crippen LogP contribution in [-0.2, 0) is 4.79 Å². The molecule has 5 nitrogen and oxygen atoms in total. The maximum atomic E-state index is 11.7. The van der Waals surface area contributed by atoms with Gasteiger partial charge in [-0.15, -0.1) is 0 Å². The van der Waals surface area contributed by atoms with Gasteiger partial charge >= 0.3 is 5.97 Å². The third-order valence-corrected chi connectivity index (χ3v) is 5.64. The van der Waals surface area contributed by atoms with Crippen molar-refractivity contribution in [1.29, 1.82) is 0 Å². The minimum Gasteiger partial charge on any atom is -0.495 e. The summed E-state index contributed by atoms with van der Waals surface area (Å²) in [4.78, 5) is 19.4. The molecule has 0 saturated carbocycles. The minimum absolute atomic E-state index is 0.162. The van der Waals surface area contributed by atoms with Crippen LogP contribution in [0.5, 0.6) is 5.75 Å². The van der Waals surface area contributed by atoms with E-state index in [0.29, 0.717) is 10.9 Å². The number of carbonyl (C=O) groups is 1. The first-order valence-electron chi connectivity index (χ1n) is 7.08. The van der Waals surface area contributed by atoms with E-state index in [1.54, 1.807) is 13.2 Å². The molecule has 2 N–H and O–H groups in total. The summed E-state index contributed by atoms with van der Waals surface area (Å²) in [7, 11) is 1.58. The SMILES string of the molecule is COc1c(I)cc(I)cc1/C=C(\Sc1nc2ccccc2[nH]1)C(=O)O. The summed E-state index contributed by atoms with van der Waals surface area (Å²) in [6.45, 7) is 0. The smallest absolute Gasteiger partial charge is 0.342 e. The molecule has 0 aliphatic carbocycles. The number of rotatable bonds is 5. The lowest BCUT2D eigenvalue weighted by atomic mass is 10.2. The number of hydrogen-bond donors (Lipinski definition) is 2. The second kappa shape index (κ2) is 7.96. The number of aromatic nitrogens is 2. The van der Waals surface area contributed by atoms with Crippen LogP contribution in [0.15, 0.2) is 46.5 Å². The maximum absolute atomic E-state index is 11.7. The van der Waals surface area contributed by atoms with Crippen LogP contribution < -0.4 is 4.74 Å². The zero-order valence-corrected chi connectivity index (χ0v) is 18.0. The number of carboxylic acids is 1. The van der Waals surface area contributed by atoms with E-state index in [0.717, 1.165) is 35.5 Å².